The topological polar surface area (TPSA) is 78.4 Å². The highest BCUT2D eigenvalue weighted by Crippen LogP contribution is 2.28. The van der Waals surface area contributed by atoms with Gasteiger partial charge in [0.25, 0.3) is 0 Å². The van der Waals surface area contributed by atoms with E-state index in [0.29, 0.717) is 6.54 Å². The summed E-state index contributed by atoms with van der Waals surface area (Å²) in [5.74, 6) is 0.704. The van der Waals surface area contributed by atoms with Crippen molar-refractivity contribution < 1.29 is 9.90 Å². The standard InChI is InChI=1S/C19H23BrN4O2S/c1-13(25)11-21-19(26)14-3-2-10-24(12-14)17-8-9-18(23-22-17)27-16-6-4-15(20)5-7-16/h4-9,13-14,25H,2-3,10-12H2,1H3,(H,21,26)/t13-,14+/m1/s1. The first-order valence-corrected chi connectivity index (χ1v) is 10.6. The number of aromatic nitrogens is 2. The van der Waals surface area contributed by atoms with E-state index in [9.17, 15) is 9.90 Å². The van der Waals surface area contributed by atoms with E-state index in [4.69, 9.17) is 0 Å². The molecule has 1 amide bonds. The summed E-state index contributed by atoms with van der Waals surface area (Å²) in [4.78, 5) is 15.5. The summed E-state index contributed by atoms with van der Waals surface area (Å²) >= 11 is 5.00. The van der Waals surface area contributed by atoms with Crippen molar-refractivity contribution in [2.45, 2.75) is 35.8 Å². The number of aliphatic hydroxyl groups excluding tert-OH is 1. The van der Waals surface area contributed by atoms with Crippen molar-refractivity contribution in [1.29, 1.82) is 0 Å². The second kappa shape index (κ2) is 9.52. The summed E-state index contributed by atoms with van der Waals surface area (Å²) < 4.78 is 1.05. The molecule has 1 aromatic heterocycles. The highest BCUT2D eigenvalue weighted by Gasteiger charge is 2.26. The van der Waals surface area contributed by atoms with E-state index in [1.54, 1.807) is 18.7 Å². The lowest BCUT2D eigenvalue weighted by molar-refractivity contribution is -0.125. The maximum Gasteiger partial charge on any atom is 0.224 e. The number of halogens is 1. The average molecular weight is 451 g/mol. The maximum absolute atomic E-state index is 12.3. The number of nitrogens with one attached hydrogen (secondary N) is 1. The summed E-state index contributed by atoms with van der Waals surface area (Å²) in [5.41, 5.74) is 0. The predicted molar refractivity (Wildman–Crippen MR) is 110 cm³/mol. The molecule has 6 nitrogen and oxygen atoms in total. The Bertz CT molecular complexity index is 755. The van der Waals surface area contributed by atoms with Crippen molar-refractivity contribution in [2.24, 2.45) is 5.92 Å². The number of anilines is 1. The van der Waals surface area contributed by atoms with E-state index in [2.05, 4.69) is 36.3 Å². The molecule has 1 aliphatic rings. The molecule has 0 spiro atoms. The molecule has 0 aliphatic carbocycles. The van der Waals surface area contributed by atoms with E-state index < -0.39 is 6.10 Å². The molecule has 1 saturated heterocycles. The normalized spacial score (nSPS) is 18.2. The molecule has 2 heterocycles. The Morgan fingerprint density at radius 1 is 1.33 bits per heavy atom. The summed E-state index contributed by atoms with van der Waals surface area (Å²) in [6, 6.07) is 12.0. The van der Waals surface area contributed by atoms with Gasteiger partial charge in [-0.05, 0) is 56.2 Å². The number of carbonyl (C=O) groups is 1. The first-order chi connectivity index (χ1) is 13.0. The fraction of sp³-hybridized carbons (Fsp3) is 0.421. The molecule has 2 aromatic rings. The molecule has 2 atom stereocenters. The Labute approximate surface area is 171 Å². The van der Waals surface area contributed by atoms with Gasteiger partial charge in [0.05, 0.1) is 12.0 Å². The summed E-state index contributed by atoms with van der Waals surface area (Å²) in [7, 11) is 0. The Balaban J connectivity index is 1.59. The molecule has 0 bridgehead atoms. The number of aliphatic hydroxyl groups is 1. The fourth-order valence-electron chi connectivity index (χ4n) is 2.95. The molecule has 0 saturated carbocycles. The van der Waals surface area contributed by atoms with Crippen molar-refractivity contribution in [3.8, 4) is 0 Å². The van der Waals surface area contributed by atoms with Crippen LogP contribution in [0, 0.1) is 5.92 Å². The Kier molecular flexibility index (Phi) is 7.09. The Morgan fingerprint density at radius 3 is 2.78 bits per heavy atom. The lowest BCUT2D eigenvalue weighted by Crippen LogP contribution is -2.44. The van der Waals surface area contributed by atoms with E-state index >= 15 is 0 Å². The van der Waals surface area contributed by atoms with Gasteiger partial charge in [-0.25, -0.2) is 0 Å². The van der Waals surface area contributed by atoms with Crippen molar-refractivity contribution in [2.75, 3.05) is 24.5 Å². The molecule has 2 N–H and O–H groups in total. The minimum Gasteiger partial charge on any atom is -0.392 e. The third kappa shape index (κ3) is 5.92. The van der Waals surface area contributed by atoms with Crippen molar-refractivity contribution >= 4 is 39.4 Å². The van der Waals surface area contributed by atoms with Gasteiger partial charge in [-0.1, -0.05) is 27.7 Å². The number of benzene rings is 1. The smallest absolute Gasteiger partial charge is 0.224 e. The molecule has 1 aliphatic heterocycles. The van der Waals surface area contributed by atoms with Gasteiger partial charge in [-0.2, -0.15) is 0 Å². The van der Waals surface area contributed by atoms with E-state index in [1.165, 1.54) is 0 Å². The SMILES string of the molecule is C[C@@H](O)CNC(=O)[C@H]1CCCN(c2ccc(Sc3ccc(Br)cc3)nn2)C1. The molecule has 0 unspecified atom stereocenters. The Hall–Kier alpha value is -1.64. The third-order valence-electron chi connectivity index (χ3n) is 4.35. The van der Waals surface area contributed by atoms with Gasteiger partial charge in [-0.15, -0.1) is 10.2 Å². The minimum atomic E-state index is -0.532. The summed E-state index contributed by atoms with van der Waals surface area (Å²) in [5, 5.41) is 21.7. The molecule has 1 fully saturated rings. The molecular weight excluding hydrogens is 428 g/mol. The van der Waals surface area contributed by atoms with Gasteiger partial charge < -0.3 is 15.3 Å². The van der Waals surface area contributed by atoms with Crippen LogP contribution in [0.2, 0.25) is 0 Å². The number of amides is 1. The second-order valence-electron chi connectivity index (χ2n) is 6.67. The third-order valence-corrected chi connectivity index (χ3v) is 5.81. The monoisotopic (exact) mass is 450 g/mol. The highest BCUT2D eigenvalue weighted by molar-refractivity contribution is 9.10. The average Bonchev–Trinajstić information content (AvgIpc) is 2.68. The molecule has 8 heteroatoms. The lowest BCUT2D eigenvalue weighted by atomic mass is 9.97. The van der Waals surface area contributed by atoms with Gasteiger partial charge in [0.15, 0.2) is 5.82 Å². The molecule has 1 aromatic carbocycles. The number of piperidine rings is 1. The van der Waals surface area contributed by atoms with E-state index in [0.717, 1.165) is 39.6 Å². The number of hydrogen-bond acceptors (Lipinski definition) is 6. The summed E-state index contributed by atoms with van der Waals surface area (Å²) in [6.07, 6.45) is 1.26. The van der Waals surface area contributed by atoms with Crippen LogP contribution in [0.1, 0.15) is 19.8 Å². The van der Waals surface area contributed by atoms with Crippen LogP contribution in [0.5, 0.6) is 0 Å². The van der Waals surface area contributed by atoms with Crippen molar-refractivity contribution in [3.05, 3.63) is 40.9 Å². The van der Waals surface area contributed by atoms with Gasteiger partial charge in [0, 0.05) is 29.0 Å². The van der Waals surface area contributed by atoms with Crippen LogP contribution in [-0.4, -0.2) is 46.9 Å². The number of rotatable bonds is 6. The zero-order valence-electron chi connectivity index (χ0n) is 15.1. The molecule has 0 radical (unpaired) electrons. The molecule has 144 valence electrons. The molecule has 27 heavy (non-hydrogen) atoms. The van der Waals surface area contributed by atoms with Crippen LogP contribution >= 0.6 is 27.7 Å². The Morgan fingerprint density at radius 2 is 2.11 bits per heavy atom. The zero-order chi connectivity index (χ0) is 19.2. The first-order valence-electron chi connectivity index (χ1n) is 8.99. The van der Waals surface area contributed by atoms with Crippen LogP contribution < -0.4 is 10.2 Å². The number of carbonyl (C=O) groups excluding carboxylic acids is 1. The van der Waals surface area contributed by atoms with Crippen LogP contribution in [0.3, 0.4) is 0 Å². The zero-order valence-corrected chi connectivity index (χ0v) is 17.5. The first kappa shape index (κ1) is 20.1. The quantitative estimate of drug-likeness (QED) is 0.703. The van der Waals surface area contributed by atoms with E-state index in [-0.39, 0.29) is 18.4 Å². The largest absolute Gasteiger partial charge is 0.392 e. The van der Waals surface area contributed by atoms with Crippen LogP contribution in [0.4, 0.5) is 5.82 Å². The predicted octanol–water partition coefficient (Wildman–Crippen LogP) is 3.10. The van der Waals surface area contributed by atoms with Crippen LogP contribution in [0.25, 0.3) is 0 Å². The van der Waals surface area contributed by atoms with Gasteiger partial charge in [0.1, 0.15) is 5.03 Å². The van der Waals surface area contributed by atoms with Crippen LogP contribution in [-0.2, 0) is 4.79 Å². The highest BCUT2D eigenvalue weighted by atomic mass is 79.9. The lowest BCUT2D eigenvalue weighted by Gasteiger charge is -2.32. The number of nitrogens with zero attached hydrogens (tertiary/aromatic N) is 3. The van der Waals surface area contributed by atoms with Crippen molar-refractivity contribution in [3.63, 3.8) is 0 Å². The van der Waals surface area contributed by atoms with Crippen LogP contribution in [0.15, 0.2) is 50.8 Å². The minimum absolute atomic E-state index is 0.00373. The molecule has 3 rings (SSSR count). The summed E-state index contributed by atoms with van der Waals surface area (Å²) in [6.45, 7) is 3.45. The van der Waals surface area contributed by atoms with Gasteiger partial charge in [-0.3, -0.25) is 4.79 Å². The van der Waals surface area contributed by atoms with E-state index in [1.807, 2.05) is 36.4 Å². The molecular formula is C19H23BrN4O2S. The van der Waals surface area contributed by atoms with Gasteiger partial charge in [0.2, 0.25) is 5.91 Å². The van der Waals surface area contributed by atoms with Gasteiger partial charge >= 0.3 is 0 Å². The number of hydrogen-bond donors (Lipinski definition) is 2. The maximum atomic E-state index is 12.3. The fourth-order valence-corrected chi connectivity index (χ4v) is 3.95. The van der Waals surface area contributed by atoms with Crippen molar-refractivity contribution in [1.82, 2.24) is 15.5 Å². The second-order valence-corrected chi connectivity index (χ2v) is 8.67.